The topological polar surface area (TPSA) is 0 Å². The number of rotatable bonds is 5. The second kappa shape index (κ2) is 7.30. The molecule has 0 heterocycles. The summed E-state index contributed by atoms with van der Waals surface area (Å²) in [7, 11) is 0. The first-order chi connectivity index (χ1) is 9.22. The molecule has 19 heavy (non-hydrogen) atoms. The van der Waals surface area contributed by atoms with Crippen molar-refractivity contribution in [2.75, 3.05) is 0 Å². The van der Waals surface area contributed by atoms with Gasteiger partial charge in [-0.25, -0.2) is 0 Å². The van der Waals surface area contributed by atoms with E-state index in [2.05, 4.69) is 65.9 Å². The Kier molecular flexibility index (Phi) is 5.71. The van der Waals surface area contributed by atoms with Crippen molar-refractivity contribution in [1.29, 1.82) is 0 Å². The number of halogens is 2. The molecule has 0 amide bonds. The Balaban J connectivity index is 2.16. The molecule has 0 aliphatic carbocycles. The Morgan fingerprint density at radius 1 is 1.05 bits per heavy atom. The third-order valence-electron chi connectivity index (χ3n) is 3.27. The van der Waals surface area contributed by atoms with Crippen molar-refractivity contribution in [1.82, 2.24) is 0 Å². The summed E-state index contributed by atoms with van der Waals surface area (Å²) in [6.07, 6.45) is 3.65. The molecule has 2 aromatic carbocycles. The highest BCUT2D eigenvalue weighted by molar-refractivity contribution is 14.1. The molecule has 0 aliphatic heterocycles. The zero-order valence-corrected chi connectivity index (χ0v) is 14.0. The van der Waals surface area contributed by atoms with Crippen LogP contribution in [-0.2, 0) is 6.42 Å². The number of hydrogen-bond donors (Lipinski definition) is 0. The van der Waals surface area contributed by atoms with Crippen LogP contribution in [0.3, 0.4) is 0 Å². The molecule has 0 saturated heterocycles. The fourth-order valence-corrected chi connectivity index (χ4v) is 3.31. The van der Waals surface area contributed by atoms with Crippen LogP contribution < -0.4 is 0 Å². The summed E-state index contributed by atoms with van der Waals surface area (Å²) < 4.78 is 1.22. The van der Waals surface area contributed by atoms with Crippen LogP contribution >= 0.6 is 34.2 Å². The minimum absolute atomic E-state index is 0.0617. The molecule has 0 bridgehead atoms. The minimum atomic E-state index is -0.0617. The molecule has 0 N–H and O–H groups in total. The van der Waals surface area contributed by atoms with Gasteiger partial charge in [0, 0.05) is 3.57 Å². The first-order valence-electron chi connectivity index (χ1n) is 6.69. The van der Waals surface area contributed by atoms with Gasteiger partial charge in [0.15, 0.2) is 0 Å². The van der Waals surface area contributed by atoms with Gasteiger partial charge in [0.25, 0.3) is 0 Å². The molecule has 0 saturated carbocycles. The highest BCUT2D eigenvalue weighted by Gasteiger charge is 2.13. The van der Waals surface area contributed by atoms with Gasteiger partial charge in [-0.15, -0.1) is 11.6 Å². The van der Waals surface area contributed by atoms with E-state index in [-0.39, 0.29) is 5.38 Å². The summed E-state index contributed by atoms with van der Waals surface area (Å²) >= 11 is 8.93. The van der Waals surface area contributed by atoms with Gasteiger partial charge in [0.1, 0.15) is 0 Å². The van der Waals surface area contributed by atoms with Crippen molar-refractivity contribution < 1.29 is 0 Å². The summed E-state index contributed by atoms with van der Waals surface area (Å²) in [5, 5.41) is -0.0617. The second-order valence-corrected chi connectivity index (χ2v) is 6.33. The largest absolute Gasteiger partial charge is 0.113 e. The predicted molar refractivity (Wildman–Crippen MR) is 91.9 cm³/mol. The summed E-state index contributed by atoms with van der Waals surface area (Å²) in [5.41, 5.74) is 3.76. The Bertz CT molecular complexity index is 519. The molecule has 2 rings (SSSR count). The maximum atomic E-state index is 6.59. The molecule has 100 valence electrons. The lowest BCUT2D eigenvalue weighted by atomic mass is 10.0. The van der Waals surface area contributed by atoms with Gasteiger partial charge in [-0.3, -0.25) is 0 Å². The molecule has 0 aliphatic rings. The number of hydrogen-bond acceptors (Lipinski definition) is 0. The number of aryl methyl sites for hydroxylation is 1. The molecular formula is C17H18ClI. The van der Waals surface area contributed by atoms with Crippen LogP contribution in [0, 0.1) is 3.57 Å². The average Bonchev–Trinajstić information content (AvgIpc) is 2.45. The Morgan fingerprint density at radius 3 is 2.37 bits per heavy atom. The number of alkyl halides is 1. The number of unbranched alkanes of at least 4 members (excludes halogenated alkanes) is 1. The Morgan fingerprint density at radius 2 is 1.74 bits per heavy atom. The SMILES string of the molecule is CCCCc1ccc(C(Cl)c2ccccc2I)cc1. The summed E-state index contributed by atoms with van der Waals surface area (Å²) in [5.74, 6) is 0. The lowest BCUT2D eigenvalue weighted by Gasteiger charge is -2.13. The maximum absolute atomic E-state index is 6.59. The minimum Gasteiger partial charge on any atom is -0.113 e. The molecule has 0 spiro atoms. The van der Waals surface area contributed by atoms with Crippen molar-refractivity contribution in [3.63, 3.8) is 0 Å². The van der Waals surface area contributed by atoms with Crippen LogP contribution in [0.5, 0.6) is 0 Å². The number of benzene rings is 2. The van der Waals surface area contributed by atoms with Gasteiger partial charge in [-0.05, 0) is 58.2 Å². The van der Waals surface area contributed by atoms with E-state index in [0.29, 0.717) is 0 Å². The van der Waals surface area contributed by atoms with Gasteiger partial charge < -0.3 is 0 Å². The van der Waals surface area contributed by atoms with Crippen LogP contribution in [0.1, 0.15) is 41.8 Å². The molecule has 2 aromatic rings. The van der Waals surface area contributed by atoms with E-state index in [4.69, 9.17) is 11.6 Å². The van der Waals surface area contributed by atoms with Crippen LogP contribution in [0.25, 0.3) is 0 Å². The quantitative estimate of drug-likeness (QED) is 0.440. The predicted octanol–water partition coefficient (Wildman–Crippen LogP) is 5.96. The van der Waals surface area contributed by atoms with Crippen molar-refractivity contribution >= 4 is 34.2 Å². The molecule has 0 nitrogen and oxygen atoms in total. The Labute approximate surface area is 134 Å². The van der Waals surface area contributed by atoms with E-state index in [9.17, 15) is 0 Å². The molecule has 0 aromatic heterocycles. The van der Waals surface area contributed by atoms with E-state index in [1.54, 1.807) is 0 Å². The first kappa shape index (κ1) is 14.9. The van der Waals surface area contributed by atoms with Crippen molar-refractivity contribution in [3.8, 4) is 0 Å². The van der Waals surface area contributed by atoms with Gasteiger partial charge in [-0.2, -0.15) is 0 Å². The third kappa shape index (κ3) is 3.96. The molecule has 1 atom stereocenters. The molecule has 1 unspecified atom stereocenters. The van der Waals surface area contributed by atoms with Crippen LogP contribution in [-0.4, -0.2) is 0 Å². The van der Waals surface area contributed by atoms with E-state index in [1.807, 2.05) is 12.1 Å². The second-order valence-electron chi connectivity index (χ2n) is 4.73. The molecule has 0 radical (unpaired) electrons. The van der Waals surface area contributed by atoms with Crippen LogP contribution in [0.15, 0.2) is 48.5 Å². The molecule has 2 heteroatoms. The van der Waals surface area contributed by atoms with Gasteiger partial charge in [0.2, 0.25) is 0 Å². The van der Waals surface area contributed by atoms with E-state index in [1.165, 1.54) is 33.1 Å². The smallest absolute Gasteiger partial charge is 0.0845 e. The summed E-state index contributed by atoms with van der Waals surface area (Å²) in [6, 6.07) is 17.0. The van der Waals surface area contributed by atoms with E-state index in [0.717, 1.165) is 6.42 Å². The van der Waals surface area contributed by atoms with Crippen molar-refractivity contribution in [2.45, 2.75) is 31.6 Å². The average molecular weight is 385 g/mol. The monoisotopic (exact) mass is 384 g/mol. The highest BCUT2D eigenvalue weighted by Crippen LogP contribution is 2.31. The fourth-order valence-electron chi connectivity index (χ4n) is 2.09. The van der Waals surface area contributed by atoms with E-state index < -0.39 is 0 Å². The van der Waals surface area contributed by atoms with Crippen molar-refractivity contribution in [3.05, 3.63) is 68.8 Å². The van der Waals surface area contributed by atoms with Crippen LogP contribution in [0.4, 0.5) is 0 Å². The van der Waals surface area contributed by atoms with Crippen LogP contribution in [0.2, 0.25) is 0 Å². The fraction of sp³-hybridized carbons (Fsp3) is 0.294. The summed E-state index contributed by atoms with van der Waals surface area (Å²) in [6.45, 7) is 2.22. The van der Waals surface area contributed by atoms with Gasteiger partial charge in [-0.1, -0.05) is 55.8 Å². The lowest BCUT2D eigenvalue weighted by Crippen LogP contribution is -1.96. The Hall–Kier alpha value is -0.540. The first-order valence-corrected chi connectivity index (χ1v) is 8.21. The molecular weight excluding hydrogens is 367 g/mol. The normalized spacial score (nSPS) is 12.4. The van der Waals surface area contributed by atoms with E-state index >= 15 is 0 Å². The lowest BCUT2D eigenvalue weighted by molar-refractivity contribution is 0.794. The zero-order valence-electron chi connectivity index (χ0n) is 11.1. The summed E-state index contributed by atoms with van der Waals surface area (Å²) in [4.78, 5) is 0. The van der Waals surface area contributed by atoms with Crippen molar-refractivity contribution in [2.24, 2.45) is 0 Å². The highest BCUT2D eigenvalue weighted by atomic mass is 127. The molecule has 0 fully saturated rings. The van der Waals surface area contributed by atoms with Gasteiger partial charge in [0.05, 0.1) is 5.38 Å². The van der Waals surface area contributed by atoms with Gasteiger partial charge >= 0.3 is 0 Å². The zero-order chi connectivity index (χ0) is 13.7. The standard InChI is InChI=1S/C17H18ClI/c1-2-3-6-13-9-11-14(12-10-13)17(18)15-7-4-5-8-16(15)19/h4-5,7-12,17H,2-3,6H2,1H3. The third-order valence-corrected chi connectivity index (χ3v) is 4.74. The maximum Gasteiger partial charge on any atom is 0.0845 e.